The molecule has 0 aliphatic heterocycles. The highest BCUT2D eigenvalue weighted by atomic mass is 16.3. The summed E-state index contributed by atoms with van der Waals surface area (Å²) >= 11 is 0. The van der Waals surface area contributed by atoms with Gasteiger partial charge < -0.3 is 29.4 Å². The fourth-order valence-electron chi connectivity index (χ4n) is 4.28. The number of rotatable bonds is 13. The van der Waals surface area contributed by atoms with Crippen molar-refractivity contribution in [1.82, 2.24) is 0 Å². The Hall–Kier alpha value is -2.44. The maximum atomic E-state index is 10.0. The molecule has 0 atom stereocenters. The van der Waals surface area contributed by atoms with E-state index in [0.717, 1.165) is 46.0 Å². The highest BCUT2D eigenvalue weighted by Gasteiger charge is 2.20. The van der Waals surface area contributed by atoms with Crippen LogP contribution in [0.2, 0.25) is 0 Å². The topological polar surface area (TPSA) is 80.9 Å². The third-order valence-electron chi connectivity index (χ3n) is 6.17. The molecule has 0 aromatic heterocycles. The van der Waals surface area contributed by atoms with Gasteiger partial charge in [-0.2, -0.15) is 0 Å². The van der Waals surface area contributed by atoms with Crippen molar-refractivity contribution < 1.29 is 29.4 Å². The van der Waals surface area contributed by atoms with Crippen LogP contribution in [0, 0.1) is 0 Å². The fraction of sp³-hybridized carbons (Fsp3) is 0.538. The van der Waals surface area contributed by atoms with Gasteiger partial charge in [0.1, 0.15) is 13.1 Å². The summed E-state index contributed by atoms with van der Waals surface area (Å²) in [5.74, 6) is -0.107. The third kappa shape index (κ3) is 8.24. The number of aromatic hydroxyl groups is 4. The van der Waals surface area contributed by atoms with E-state index >= 15 is 0 Å². The molecule has 2 rings (SSSR count). The minimum Gasteiger partial charge on any atom is -0.504 e. The summed E-state index contributed by atoms with van der Waals surface area (Å²) < 4.78 is 1.56. The SMILES string of the molecule is C[N+](C)(CCCCCCCC[N+](C)(C)Cc1cccc(O)c1O)Cc1cccc(O)c1O. The minimum atomic E-state index is -0.0528. The number of hydrogen-bond donors (Lipinski definition) is 4. The Kier molecular flexibility index (Phi) is 9.22. The molecule has 6 nitrogen and oxygen atoms in total. The molecule has 0 fully saturated rings. The van der Waals surface area contributed by atoms with Crippen molar-refractivity contribution in [3.05, 3.63) is 47.5 Å². The molecule has 0 saturated carbocycles. The number of unbranched alkanes of at least 4 members (excludes halogenated alkanes) is 5. The van der Waals surface area contributed by atoms with Gasteiger partial charge in [-0.1, -0.05) is 25.0 Å². The molecular weight excluding hydrogens is 404 g/mol. The Balaban J connectivity index is 1.61. The zero-order valence-electron chi connectivity index (χ0n) is 20.2. The lowest BCUT2D eigenvalue weighted by molar-refractivity contribution is -0.903. The second-order valence-corrected chi connectivity index (χ2v) is 10.3. The number of benzene rings is 2. The van der Waals surface area contributed by atoms with Gasteiger partial charge in [-0.3, -0.25) is 0 Å². The average Bonchev–Trinajstić information content (AvgIpc) is 2.70. The fourth-order valence-corrected chi connectivity index (χ4v) is 4.28. The smallest absolute Gasteiger partial charge is 0.166 e. The summed E-state index contributed by atoms with van der Waals surface area (Å²) in [5, 5.41) is 39.4. The molecule has 2 aromatic carbocycles. The molecule has 0 bridgehead atoms. The lowest BCUT2D eigenvalue weighted by atomic mass is 10.1. The predicted molar refractivity (Wildman–Crippen MR) is 129 cm³/mol. The Morgan fingerprint density at radius 1 is 0.531 bits per heavy atom. The van der Waals surface area contributed by atoms with Crippen LogP contribution < -0.4 is 0 Å². The molecule has 6 heteroatoms. The summed E-state index contributed by atoms with van der Waals surface area (Å²) in [7, 11) is 8.64. The van der Waals surface area contributed by atoms with Gasteiger partial charge in [0.2, 0.25) is 0 Å². The Morgan fingerprint density at radius 3 is 1.25 bits per heavy atom. The highest BCUT2D eigenvalue weighted by Crippen LogP contribution is 2.31. The monoisotopic (exact) mass is 446 g/mol. The van der Waals surface area contributed by atoms with E-state index in [2.05, 4.69) is 28.2 Å². The van der Waals surface area contributed by atoms with Gasteiger partial charge in [0, 0.05) is 0 Å². The Bertz CT molecular complexity index is 793. The molecule has 0 spiro atoms. The quantitative estimate of drug-likeness (QED) is 0.204. The van der Waals surface area contributed by atoms with Crippen LogP contribution in [0.5, 0.6) is 23.0 Å². The van der Waals surface area contributed by atoms with Crippen LogP contribution in [-0.4, -0.2) is 70.7 Å². The number of para-hydroxylation sites is 2. The van der Waals surface area contributed by atoms with E-state index in [1.807, 2.05) is 12.1 Å². The average molecular weight is 447 g/mol. The first-order valence-corrected chi connectivity index (χ1v) is 11.6. The van der Waals surface area contributed by atoms with Gasteiger partial charge in [-0.05, 0) is 49.9 Å². The van der Waals surface area contributed by atoms with Crippen molar-refractivity contribution in [3.63, 3.8) is 0 Å². The third-order valence-corrected chi connectivity index (χ3v) is 6.17. The maximum Gasteiger partial charge on any atom is 0.166 e. The van der Waals surface area contributed by atoms with Crippen molar-refractivity contribution in [1.29, 1.82) is 0 Å². The standard InChI is InChI=1S/C26H40N2O4/c1-27(2,19-21-13-11-15-23(29)25(21)31)17-9-7-5-6-8-10-18-28(3,4)20-22-14-12-16-24(30)26(22)32/h11-16H,5-10,17-20H2,1-4H3,(H2-2,29,30,31,32)/p+2. The first kappa shape index (κ1) is 25.8. The number of nitrogens with zero attached hydrogens (tertiary/aromatic N) is 2. The van der Waals surface area contributed by atoms with E-state index in [-0.39, 0.29) is 23.0 Å². The van der Waals surface area contributed by atoms with E-state index in [0.29, 0.717) is 13.1 Å². The summed E-state index contributed by atoms with van der Waals surface area (Å²) in [4.78, 5) is 0. The van der Waals surface area contributed by atoms with Crippen molar-refractivity contribution in [3.8, 4) is 23.0 Å². The molecule has 178 valence electrons. The summed E-state index contributed by atoms with van der Waals surface area (Å²) in [6, 6.07) is 10.3. The van der Waals surface area contributed by atoms with E-state index in [1.165, 1.54) is 37.8 Å². The molecule has 0 saturated heterocycles. The molecule has 0 aliphatic carbocycles. The zero-order valence-corrected chi connectivity index (χ0v) is 20.2. The van der Waals surface area contributed by atoms with Crippen molar-refractivity contribution in [2.75, 3.05) is 41.3 Å². The number of quaternary nitrogens is 2. The van der Waals surface area contributed by atoms with Gasteiger partial charge in [0.25, 0.3) is 0 Å². The predicted octanol–water partition coefficient (Wildman–Crippen LogP) is 4.70. The van der Waals surface area contributed by atoms with E-state index in [9.17, 15) is 20.4 Å². The van der Waals surface area contributed by atoms with Gasteiger partial charge in [0.15, 0.2) is 23.0 Å². The highest BCUT2D eigenvalue weighted by molar-refractivity contribution is 5.44. The van der Waals surface area contributed by atoms with Crippen LogP contribution in [0.15, 0.2) is 36.4 Å². The van der Waals surface area contributed by atoms with Crippen LogP contribution in [0.25, 0.3) is 0 Å². The molecule has 32 heavy (non-hydrogen) atoms. The van der Waals surface area contributed by atoms with Gasteiger partial charge >= 0.3 is 0 Å². The second kappa shape index (κ2) is 11.4. The number of hydrogen-bond acceptors (Lipinski definition) is 4. The summed E-state index contributed by atoms with van der Waals surface area (Å²) in [6.45, 7) is 3.46. The van der Waals surface area contributed by atoms with E-state index in [1.54, 1.807) is 12.1 Å². The summed E-state index contributed by atoms with van der Waals surface area (Å²) in [5.41, 5.74) is 1.57. The molecule has 0 amide bonds. The van der Waals surface area contributed by atoms with E-state index in [4.69, 9.17) is 0 Å². The van der Waals surface area contributed by atoms with Crippen LogP contribution in [0.3, 0.4) is 0 Å². The minimum absolute atomic E-state index is 0.000644. The molecule has 0 unspecified atom stereocenters. The molecule has 2 aromatic rings. The van der Waals surface area contributed by atoms with Crippen LogP contribution in [0.4, 0.5) is 0 Å². The Morgan fingerprint density at radius 2 is 0.875 bits per heavy atom. The van der Waals surface area contributed by atoms with Gasteiger partial charge in [-0.25, -0.2) is 0 Å². The van der Waals surface area contributed by atoms with Crippen molar-refractivity contribution in [2.45, 2.75) is 51.6 Å². The van der Waals surface area contributed by atoms with Gasteiger partial charge in [0.05, 0.1) is 52.4 Å². The number of phenolic OH excluding ortho intramolecular Hbond substituents is 4. The van der Waals surface area contributed by atoms with Crippen LogP contribution in [-0.2, 0) is 13.1 Å². The molecule has 0 aliphatic rings. The first-order valence-electron chi connectivity index (χ1n) is 11.6. The zero-order chi connectivity index (χ0) is 23.8. The van der Waals surface area contributed by atoms with Crippen molar-refractivity contribution in [2.24, 2.45) is 0 Å². The normalized spacial score (nSPS) is 12.2. The van der Waals surface area contributed by atoms with Crippen molar-refractivity contribution >= 4 is 0 Å². The van der Waals surface area contributed by atoms with E-state index < -0.39 is 0 Å². The van der Waals surface area contributed by atoms with Crippen LogP contribution >= 0.6 is 0 Å². The Labute approximate surface area is 193 Å². The summed E-state index contributed by atoms with van der Waals surface area (Å²) in [6.07, 6.45) is 7.12. The molecule has 0 radical (unpaired) electrons. The first-order chi connectivity index (χ1) is 15.0. The van der Waals surface area contributed by atoms with Crippen LogP contribution in [0.1, 0.15) is 49.7 Å². The van der Waals surface area contributed by atoms with Gasteiger partial charge in [-0.15, -0.1) is 0 Å². The maximum absolute atomic E-state index is 10.0. The molecule has 0 heterocycles. The lowest BCUT2D eigenvalue weighted by Crippen LogP contribution is -2.39. The second-order valence-electron chi connectivity index (χ2n) is 10.3. The molecule has 4 N–H and O–H groups in total. The number of phenols is 4. The largest absolute Gasteiger partial charge is 0.504 e. The molecular formula is C26H42N2O4+2. The lowest BCUT2D eigenvalue weighted by Gasteiger charge is -2.30.